The van der Waals surface area contributed by atoms with Crippen molar-refractivity contribution in [3.8, 4) is 11.1 Å². The maximum atomic E-state index is 14.0. The molecule has 0 radical (unpaired) electrons. The third-order valence-electron chi connectivity index (χ3n) is 4.72. The summed E-state index contributed by atoms with van der Waals surface area (Å²) in [5, 5.41) is 0. The average Bonchev–Trinajstić information content (AvgIpc) is 3.06. The average molecular weight is 437 g/mol. The lowest BCUT2D eigenvalue weighted by Crippen LogP contribution is -2.26. The van der Waals surface area contributed by atoms with Crippen LogP contribution < -0.4 is 4.90 Å². The molecule has 0 saturated carbocycles. The molecular weight excluding hydrogens is 417 g/mol. The van der Waals surface area contributed by atoms with Crippen molar-refractivity contribution in [2.24, 2.45) is 0 Å². The highest BCUT2D eigenvalue weighted by molar-refractivity contribution is 6.05. The van der Waals surface area contributed by atoms with Crippen LogP contribution in [0, 0.1) is 5.82 Å². The summed E-state index contributed by atoms with van der Waals surface area (Å²) in [5.74, 6) is -2.92. The molecular formula is C24H20FNO6. The molecule has 0 N–H and O–H groups in total. The molecule has 2 aromatic rings. The van der Waals surface area contributed by atoms with E-state index in [0.717, 1.165) is 0 Å². The van der Waals surface area contributed by atoms with Gasteiger partial charge in [-0.15, -0.1) is 0 Å². The van der Waals surface area contributed by atoms with Gasteiger partial charge in [-0.05, 0) is 47.5 Å². The van der Waals surface area contributed by atoms with Gasteiger partial charge in [0.2, 0.25) is 0 Å². The molecule has 0 saturated heterocycles. The fourth-order valence-corrected chi connectivity index (χ4v) is 3.17. The second-order valence-corrected chi connectivity index (χ2v) is 6.55. The SMILES string of the molecule is COC(=O)C1=C(C(=O)OC)N(c2cccc(-c3ccc(F)c(C(=O)OC)c3)c2)C=CC=C1. The smallest absolute Gasteiger partial charge is 0.355 e. The quantitative estimate of drug-likeness (QED) is 0.520. The zero-order valence-electron chi connectivity index (χ0n) is 17.6. The third-order valence-corrected chi connectivity index (χ3v) is 4.72. The van der Waals surface area contributed by atoms with Gasteiger partial charge in [-0.25, -0.2) is 18.8 Å². The van der Waals surface area contributed by atoms with Crippen molar-refractivity contribution in [1.82, 2.24) is 0 Å². The Morgan fingerprint density at radius 1 is 0.812 bits per heavy atom. The van der Waals surface area contributed by atoms with Gasteiger partial charge in [-0.2, -0.15) is 0 Å². The van der Waals surface area contributed by atoms with Gasteiger partial charge in [0, 0.05) is 11.9 Å². The standard InChI is InChI=1S/C24H20FNO6/c1-30-22(27)18-9-4-5-12-26(21(18)24(29)32-3)17-8-6-7-15(13-17)16-10-11-20(25)19(14-16)23(28)31-2/h4-14H,1-3H3. The van der Waals surface area contributed by atoms with Gasteiger partial charge in [0.1, 0.15) is 11.5 Å². The highest BCUT2D eigenvalue weighted by atomic mass is 19.1. The highest BCUT2D eigenvalue weighted by Crippen LogP contribution is 2.31. The second kappa shape index (κ2) is 9.74. The summed E-state index contributed by atoms with van der Waals surface area (Å²) >= 11 is 0. The molecule has 0 unspecified atom stereocenters. The zero-order valence-corrected chi connectivity index (χ0v) is 17.6. The monoisotopic (exact) mass is 437 g/mol. The summed E-state index contributed by atoms with van der Waals surface area (Å²) < 4.78 is 28.4. The molecule has 3 rings (SSSR count). The van der Waals surface area contributed by atoms with Crippen LogP contribution in [0.4, 0.5) is 10.1 Å². The number of nitrogens with zero attached hydrogens (tertiary/aromatic N) is 1. The number of anilines is 1. The first-order valence-electron chi connectivity index (χ1n) is 9.44. The molecule has 7 nitrogen and oxygen atoms in total. The van der Waals surface area contributed by atoms with Crippen molar-refractivity contribution in [1.29, 1.82) is 0 Å². The predicted molar refractivity (Wildman–Crippen MR) is 115 cm³/mol. The number of methoxy groups -OCH3 is 3. The molecule has 32 heavy (non-hydrogen) atoms. The fourth-order valence-electron chi connectivity index (χ4n) is 3.17. The van der Waals surface area contributed by atoms with Crippen LogP contribution in [0.3, 0.4) is 0 Å². The number of rotatable bonds is 5. The molecule has 0 fully saturated rings. The molecule has 1 heterocycles. The second-order valence-electron chi connectivity index (χ2n) is 6.55. The molecule has 0 amide bonds. The summed E-state index contributed by atoms with van der Waals surface area (Å²) in [6, 6.07) is 11.0. The molecule has 1 aliphatic rings. The van der Waals surface area contributed by atoms with E-state index in [9.17, 15) is 18.8 Å². The van der Waals surface area contributed by atoms with E-state index in [2.05, 4.69) is 4.74 Å². The van der Waals surface area contributed by atoms with Crippen LogP contribution >= 0.6 is 0 Å². The molecule has 0 aromatic heterocycles. The number of carbonyl (C=O) groups is 3. The molecule has 2 aromatic carbocycles. The Kier molecular flexibility index (Phi) is 6.84. The minimum atomic E-state index is -0.791. The Morgan fingerprint density at radius 3 is 2.19 bits per heavy atom. The number of hydrogen-bond acceptors (Lipinski definition) is 7. The van der Waals surface area contributed by atoms with Crippen LogP contribution in [0.1, 0.15) is 10.4 Å². The van der Waals surface area contributed by atoms with E-state index in [4.69, 9.17) is 9.47 Å². The summed E-state index contributed by atoms with van der Waals surface area (Å²) in [4.78, 5) is 38.2. The highest BCUT2D eigenvalue weighted by Gasteiger charge is 2.27. The van der Waals surface area contributed by atoms with Crippen molar-refractivity contribution in [3.05, 3.63) is 89.5 Å². The Bertz CT molecular complexity index is 1160. The Hall–Kier alpha value is -4.20. The summed E-state index contributed by atoms with van der Waals surface area (Å²) in [7, 11) is 3.60. The van der Waals surface area contributed by atoms with Gasteiger partial charge in [0.15, 0.2) is 0 Å². The fraction of sp³-hybridized carbons (Fsp3) is 0.125. The van der Waals surface area contributed by atoms with Crippen molar-refractivity contribution < 1.29 is 33.0 Å². The largest absolute Gasteiger partial charge is 0.465 e. The number of hydrogen-bond donors (Lipinski definition) is 0. The lowest BCUT2D eigenvalue weighted by molar-refractivity contribution is -0.139. The lowest BCUT2D eigenvalue weighted by Gasteiger charge is -2.23. The van der Waals surface area contributed by atoms with Gasteiger partial charge >= 0.3 is 17.9 Å². The molecule has 8 heteroatoms. The van der Waals surface area contributed by atoms with Crippen LogP contribution in [-0.4, -0.2) is 39.2 Å². The van der Waals surface area contributed by atoms with E-state index in [1.165, 1.54) is 50.5 Å². The van der Waals surface area contributed by atoms with E-state index in [-0.39, 0.29) is 16.8 Å². The Balaban J connectivity index is 2.13. The van der Waals surface area contributed by atoms with Gasteiger partial charge in [-0.3, -0.25) is 0 Å². The maximum absolute atomic E-state index is 14.0. The number of esters is 3. The van der Waals surface area contributed by atoms with Crippen molar-refractivity contribution in [2.75, 3.05) is 26.2 Å². The van der Waals surface area contributed by atoms with E-state index >= 15 is 0 Å². The number of benzene rings is 2. The summed E-state index contributed by atoms with van der Waals surface area (Å²) in [5.41, 5.74) is 1.51. The van der Waals surface area contributed by atoms with Crippen LogP contribution in [0.2, 0.25) is 0 Å². The lowest BCUT2D eigenvalue weighted by atomic mass is 10.0. The molecule has 0 bridgehead atoms. The first kappa shape index (κ1) is 22.5. The van der Waals surface area contributed by atoms with Gasteiger partial charge in [0.05, 0.1) is 32.5 Å². The van der Waals surface area contributed by atoms with E-state index in [1.54, 1.807) is 42.6 Å². The molecule has 0 spiro atoms. The summed E-state index contributed by atoms with van der Waals surface area (Å²) in [6.45, 7) is 0. The van der Waals surface area contributed by atoms with E-state index < -0.39 is 23.7 Å². The normalized spacial score (nSPS) is 12.9. The third kappa shape index (κ3) is 4.44. The molecule has 1 aliphatic heterocycles. The number of ether oxygens (including phenoxy) is 3. The van der Waals surface area contributed by atoms with Crippen molar-refractivity contribution in [3.63, 3.8) is 0 Å². The van der Waals surface area contributed by atoms with Crippen LogP contribution in [0.15, 0.2) is 78.2 Å². The first-order chi connectivity index (χ1) is 15.4. The Labute approximate surface area is 184 Å². The van der Waals surface area contributed by atoms with Crippen LogP contribution in [0.25, 0.3) is 11.1 Å². The minimum absolute atomic E-state index is 0.0181. The van der Waals surface area contributed by atoms with Crippen molar-refractivity contribution in [2.45, 2.75) is 0 Å². The Morgan fingerprint density at radius 2 is 1.50 bits per heavy atom. The van der Waals surface area contributed by atoms with Gasteiger partial charge in [0.25, 0.3) is 0 Å². The minimum Gasteiger partial charge on any atom is -0.465 e. The first-order valence-corrected chi connectivity index (χ1v) is 9.44. The van der Waals surface area contributed by atoms with Crippen LogP contribution in [-0.2, 0) is 23.8 Å². The number of carbonyl (C=O) groups excluding carboxylic acids is 3. The van der Waals surface area contributed by atoms with E-state index in [0.29, 0.717) is 16.8 Å². The molecule has 0 atom stereocenters. The van der Waals surface area contributed by atoms with Gasteiger partial charge < -0.3 is 19.1 Å². The maximum Gasteiger partial charge on any atom is 0.355 e. The van der Waals surface area contributed by atoms with Crippen LogP contribution in [0.5, 0.6) is 0 Å². The number of allylic oxidation sites excluding steroid dienone is 2. The molecule has 0 aliphatic carbocycles. The van der Waals surface area contributed by atoms with Crippen molar-refractivity contribution >= 4 is 23.6 Å². The topological polar surface area (TPSA) is 82.1 Å². The predicted octanol–water partition coefficient (Wildman–Crippen LogP) is 3.77. The van der Waals surface area contributed by atoms with E-state index in [1.807, 2.05) is 0 Å². The summed E-state index contributed by atoms with van der Waals surface area (Å²) in [6.07, 6.45) is 6.31. The molecule has 164 valence electrons. The van der Waals surface area contributed by atoms with Gasteiger partial charge in [-0.1, -0.05) is 24.3 Å². The zero-order chi connectivity index (χ0) is 23.3. The number of halogens is 1.